The number of hydrogen-bond donors (Lipinski definition) is 0. The zero-order chi connectivity index (χ0) is 42.1. The lowest BCUT2D eigenvalue weighted by Gasteiger charge is -2.19. The molecule has 0 atom stereocenters. The Kier molecular flexibility index (Phi) is 2.56. The van der Waals surface area contributed by atoms with Gasteiger partial charge in [0.15, 0.2) is 0 Å². The molecular formula is C40H26. The Morgan fingerprint density at radius 1 is 0.350 bits per heavy atom. The van der Waals surface area contributed by atoms with Crippen LogP contribution >= 0.6 is 0 Å². The summed E-state index contributed by atoms with van der Waals surface area (Å²) in [5.74, 6) is 0. The highest BCUT2D eigenvalue weighted by Crippen LogP contribution is 2.46. The fourth-order valence-electron chi connectivity index (χ4n) is 5.22. The lowest BCUT2D eigenvalue weighted by atomic mass is 9.84. The second kappa shape index (κ2) is 9.22. The second-order valence-electron chi connectivity index (χ2n) is 9.12. The van der Waals surface area contributed by atoms with E-state index in [0.29, 0.717) is 5.56 Å². The highest BCUT2D eigenvalue weighted by atomic mass is 14.2. The van der Waals surface area contributed by atoms with E-state index in [1.807, 2.05) is 12.1 Å². The Morgan fingerprint density at radius 3 is 1.57 bits per heavy atom. The molecule has 0 saturated carbocycles. The molecule has 40 heavy (non-hydrogen) atoms. The van der Waals surface area contributed by atoms with Crippen LogP contribution in [0.1, 0.15) is 24.7 Å². The van der Waals surface area contributed by atoms with Gasteiger partial charge in [-0.3, -0.25) is 0 Å². The van der Waals surface area contributed by atoms with Crippen LogP contribution in [0.4, 0.5) is 0 Å². The molecule has 0 amide bonds. The molecule has 8 rings (SSSR count). The Morgan fingerprint density at radius 2 is 0.900 bits per heavy atom. The molecular weight excluding hydrogens is 480 g/mol. The molecule has 0 spiro atoms. The summed E-state index contributed by atoms with van der Waals surface area (Å²) in [7, 11) is 0. The molecule has 0 aromatic heterocycles. The van der Waals surface area contributed by atoms with Gasteiger partial charge in [0.2, 0.25) is 0 Å². The van der Waals surface area contributed by atoms with Gasteiger partial charge < -0.3 is 0 Å². The quantitative estimate of drug-likeness (QED) is 0.202. The van der Waals surface area contributed by atoms with Gasteiger partial charge in [-0.2, -0.15) is 0 Å². The normalized spacial score (nSPS) is 17.8. The van der Waals surface area contributed by atoms with Gasteiger partial charge in [-0.15, -0.1) is 0 Å². The minimum absolute atomic E-state index is 0.0523. The van der Waals surface area contributed by atoms with Crippen LogP contribution in [0.25, 0.3) is 76.5 Å². The summed E-state index contributed by atoms with van der Waals surface area (Å²) < 4.78 is 162. The van der Waals surface area contributed by atoms with Crippen LogP contribution in [0.3, 0.4) is 0 Å². The summed E-state index contributed by atoms with van der Waals surface area (Å²) >= 11 is 0. The van der Waals surface area contributed by atoms with E-state index in [2.05, 4.69) is 0 Å². The first-order valence-corrected chi connectivity index (χ1v) is 12.4. The first kappa shape index (κ1) is 11.1. The van der Waals surface area contributed by atoms with Crippen LogP contribution in [0, 0.1) is 0 Å². The monoisotopic (exact) mass is 524 g/mol. The molecule has 8 aromatic carbocycles. The maximum atomic E-state index is 9.40. The van der Waals surface area contributed by atoms with E-state index >= 15 is 0 Å². The van der Waals surface area contributed by atoms with E-state index in [1.54, 1.807) is 30.3 Å². The van der Waals surface area contributed by atoms with Crippen molar-refractivity contribution in [3.05, 3.63) is 157 Å². The van der Waals surface area contributed by atoms with Crippen molar-refractivity contribution in [1.82, 2.24) is 0 Å². The van der Waals surface area contributed by atoms with Gasteiger partial charge in [-0.1, -0.05) is 151 Å². The summed E-state index contributed by atoms with van der Waals surface area (Å²) in [4.78, 5) is 0. The van der Waals surface area contributed by atoms with Gasteiger partial charge in [0.05, 0.1) is 24.7 Å². The summed E-state index contributed by atoms with van der Waals surface area (Å²) in [5, 5.41) is -1.04. The number of fused-ring (bicyclic) bond motifs is 4. The molecule has 186 valence electrons. The van der Waals surface area contributed by atoms with Gasteiger partial charge in [0.1, 0.15) is 0 Å². The van der Waals surface area contributed by atoms with Crippen molar-refractivity contribution in [2.45, 2.75) is 0 Å². The Labute approximate surface area is 259 Å². The van der Waals surface area contributed by atoms with Crippen LogP contribution in [0.2, 0.25) is 0 Å². The molecule has 8 aromatic rings. The van der Waals surface area contributed by atoms with Crippen LogP contribution in [-0.2, 0) is 0 Å². The molecule has 0 heteroatoms. The molecule has 0 radical (unpaired) electrons. The van der Waals surface area contributed by atoms with Gasteiger partial charge in [0, 0.05) is 0 Å². The van der Waals surface area contributed by atoms with Crippen LogP contribution in [-0.4, -0.2) is 0 Å². The zero-order valence-electron chi connectivity index (χ0n) is 38.6. The van der Waals surface area contributed by atoms with Crippen molar-refractivity contribution >= 4 is 43.1 Å². The highest BCUT2D eigenvalue weighted by molar-refractivity contribution is 6.24. The lowest BCUT2D eigenvalue weighted by Crippen LogP contribution is -1.92. The topological polar surface area (TPSA) is 0 Å². The van der Waals surface area contributed by atoms with E-state index in [1.165, 1.54) is 0 Å². The Bertz CT molecular complexity index is 3100. The van der Waals surface area contributed by atoms with E-state index in [0.717, 1.165) is 16.8 Å². The van der Waals surface area contributed by atoms with Gasteiger partial charge in [-0.05, 0) is 82.5 Å². The summed E-state index contributed by atoms with van der Waals surface area (Å²) in [5.41, 5.74) is -1.69. The van der Waals surface area contributed by atoms with E-state index < -0.39 is 153 Å². The third-order valence-corrected chi connectivity index (χ3v) is 6.95. The third kappa shape index (κ3) is 3.54. The van der Waals surface area contributed by atoms with E-state index in [9.17, 15) is 9.60 Å². The first-order valence-electron chi connectivity index (χ1n) is 21.4. The lowest BCUT2D eigenvalue weighted by molar-refractivity contribution is 1.65. The van der Waals surface area contributed by atoms with Crippen molar-refractivity contribution in [3.63, 3.8) is 0 Å². The van der Waals surface area contributed by atoms with Crippen molar-refractivity contribution in [2.75, 3.05) is 0 Å². The SMILES string of the molecule is [2H]c1cc([2H])c([2H])c(-c2c3c([2H])c([2H])c([2H])c([2H])c3c(-c3c([2H])c([2H])c([2H])c4c(-c5ccc6ccccc6c5)c([2H])c([2H])c([2H])c34)c3c([2H])c([2H])c([2H])c([2H])c23)c1[2H]. The molecule has 0 aliphatic rings. The van der Waals surface area contributed by atoms with Crippen molar-refractivity contribution in [3.8, 4) is 33.4 Å². The summed E-state index contributed by atoms with van der Waals surface area (Å²) in [6.45, 7) is 0. The number of rotatable bonds is 3. The fraction of sp³-hybridized carbons (Fsp3) is 0. The van der Waals surface area contributed by atoms with Crippen LogP contribution < -0.4 is 0 Å². The molecule has 0 saturated heterocycles. The highest BCUT2D eigenvalue weighted by Gasteiger charge is 2.18. The minimum atomic E-state index is -0.825. The molecule has 0 aliphatic carbocycles. The van der Waals surface area contributed by atoms with Crippen molar-refractivity contribution < 1.29 is 24.7 Å². The van der Waals surface area contributed by atoms with Crippen molar-refractivity contribution in [1.29, 1.82) is 0 Å². The average Bonchev–Trinajstić information content (AvgIpc) is 3.21. The molecule has 0 heterocycles. The van der Waals surface area contributed by atoms with Gasteiger partial charge >= 0.3 is 0 Å². The summed E-state index contributed by atoms with van der Waals surface area (Å²) in [6, 6.07) is 0.390. The number of benzene rings is 8. The standard InChI is InChI=1S/C40H26/c1-2-13-28(14-3-1)39-35-16-6-8-18-37(35)40(38-19-9-7-17-36(38)39)34-23-11-21-32-31(20-10-22-33(32)34)30-25-24-27-12-4-5-15-29(27)26-30/h1-26H/i2D,3D,6D,7D,8D,9D,10D,11D,13D,14D,16D,17D,18D,19D,20D,21D,22D,23D. The largest absolute Gasteiger partial charge is 0.0629 e. The maximum Gasteiger partial charge on any atom is 0.0629 e. The molecule has 0 aliphatic heterocycles. The Hall–Kier alpha value is -5.20. The molecule has 0 bridgehead atoms. The predicted molar refractivity (Wildman–Crippen MR) is 173 cm³/mol. The molecule has 0 nitrogen and oxygen atoms in total. The van der Waals surface area contributed by atoms with Crippen molar-refractivity contribution in [2.24, 2.45) is 0 Å². The van der Waals surface area contributed by atoms with E-state index in [-0.39, 0.29) is 16.3 Å². The Balaban J connectivity index is 1.75. The van der Waals surface area contributed by atoms with Gasteiger partial charge in [-0.25, -0.2) is 0 Å². The second-order valence-corrected chi connectivity index (χ2v) is 9.12. The maximum absolute atomic E-state index is 9.40. The van der Waals surface area contributed by atoms with Gasteiger partial charge in [0.25, 0.3) is 0 Å². The number of hydrogen-bond acceptors (Lipinski definition) is 0. The molecule has 0 N–H and O–H groups in total. The predicted octanol–water partition coefficient (Wildman–Crippen LogP) is 11.3. The van der Waals surface area contributed by atoms with Crippen LogP contribution in [0.15, 0.2) is 157 Å². The smallest absolute Gasteiger partial charge is 0.0622 e. The third-order valence-electron chi connectivity index (χ3n) is 6.95. The average molecular weight is 525 g/mol. The van der Waals surface area contributed by atoms with E-state index in [4.69, 9.17) is 15.1 Å². The first-order chi connectivity index (χ1) is 27.3. The minimum Gasteiger partial charge on any atom is -0.0622 e. The van der Waals surface area contributed by atoms with Crippen LogP contribution in [0.5, 0.6) is 0 Å². The molecule has 0 unspecified atom stereocenters. The molecule has 0 fully saturated rings. The summed E-state index contributed by atoms with van der Waals surface area (Å²) in [6.07, 6.45) is 0. The zero-order valence-corrected chi connectivity index (χ0v) is 20.6. The fourth-order valence-corrected chi connectivity index (χ4v) is 5.22.